The highest BCUT2D eigenvalue weighted by Crippen LogP contribution is 2.28. The van der Waals surface area contributed by atoms with Crippen molar-refractivity contribution in [3.8, 4) is 0 Å². The second-order valence-corrected chi connectivity index (χ2v) is 6.94. The van der Waals surface area contributed by atoms with E-state index in [9.17, 15) is 14.4 Å². The molecule has 5 nitrogen and oxygen atoms in total. The number of hydrogen-bond acceptors (Lipinski definition) is 3. The van der Waals surface area contributed by atoms with Crippen molar-refractivity contribution in [3.05, 3.63) is 102 Å². The van der Waals surface area contributed by atoms with E-state index < -0.39 is 23.8 Å². The Morgan fingerprint density at radius 2 is 1.14 bits per heavy atom. The molecule has 3 aromatic rings. The lowest BCUT2D eigenvalue weighted by Crippen LogP contribution is -2.60. The van der Waals surface area contributed by atoms with Crippen LogP contribution < -0.4 is 4.90 Å². The van der Waals surface area contributed by atoms with Gasteiger partial charge in [0.25, 0.3) is 0 Å². The van der Waals surface area contributed by atoms with Crippen LogP contribution in [-0.4, -0.2) is 22.7 Å². The Labute approximate surface area is 169 Å². The van der Waals surface area contributed by atoms with Gasteiger partial charge in [0, 0.05) is 0 Å². The van der Waals surface area contributed by atoms with Gasteiger partial charge in [-0.15, -0.1) is 0 Å². The molecular formula is C24H20N2O3. The van der Waals surface area contributed by atoms with Crippen molar-refractivity contribution in [2.24, 2.45) is 5.92 Å². The molecule has 1 heterocycles. The minimum Gasteiger partial charge on any atom is -0.273 e. The summed E-state index contributed by atoms with van der Waals surface area (Å²) in [6.07, 6.45) is 0.250. The van der Waals surface area contributed by atoms with Crippen LogP contribution in [-0.2, 0) is 22.6 Å². The summed E-state index contributed by atoms with van der Waals surface area (Å²) < 4.78 is 0. The normalized spacial score (nSPS) is 17.0. The number of nitrogens with zero attached hydrogens (tertiary/aromatic N) is 2. The van der Waals surface area contributed by atoms with Crippen LogP contribution in [0.15, 0.2) is 91.0 Å². The fraction of sp³-hybridized carbons (Fsp3) is 0.125. The maximum absolute atomic E-state index is 13.2. The van der Waals surface area contributed by atoms with Crippen LogP contribution in [0, 0.1) is 5.92 Å². The van der Waals surface area contributed by atoms with Gasteiger partial charge in [-0.3, -0.25) is 14.5 Å². The second-order valence-electron chi connectivity index (χ2n) is 6.94. The average Bonchev–Trinajstić information content (AvgIpc) is 2.77. The number of hydrogen-bond donors (Lipinski definition) is 0. The highest BCUT2D eigenvalue weighted by Gasteiger charge is 2.46. The Balaban J connectivity index is 1.71. The number of anilines is 1. The Morgan fingerprint density at radius 3 is 1.72 bits per heavy atom. The third kappa shape index (κ3) is 3.80. The largest absolute Gasteiger partial charge is 0.338 e. The molecular weight excluding hydrogens is 364 g/mol. The number of para-hydroxylation sites is 1. The molecule has 29 heavy (non-hydrogen) atoms. The number of imide groups is 2. The van der Waals surface area contributed by atoms with Crippen molar-refractivity contribution >= 4 is 23.5 Å². The van der Waals surface area contributed by atoms with Crippen molar-refractivity contribution in [1.29, 1.82) is 0 Å². The molecule has 0 N–H and O–H groups in total. The van der Waals surface area contributed by atoms with Gasteiger partial charge < -0.3 is 0 Å². The molecule has 3 aromatic carbocycles. The number of urea groups is 1. The van der Waals surface area contributed by atoms with E-state index in [1.54, 1.807) is 24.3 Å². The third-order valence-electron chi connectivity index (χ3n) is 4.99. The minimum absolute atomic E-state index is 0.125. The van der Waals surface area contributed by atoms with Crippen LogP contribution in [0.1, 0.15) is 11.1 Å². The van der Waals surface area contributed by atoms with Crippen LogP contribution in [0.25, 0.3) is 0 Å². The number of amides is 4. The van der Waals surface area contributed by atoms with E-state index in [0.29, 0.717) is 5.69 Å². The molecule has 0 aromatic heterocycles. The van der Waals surface area contributed by atoms with Crippen LogP contribution in [0.2, 0.25) is 0 Å². The van der Waals surface area contributed by atoms with Crippen molar-refractivity contribution < 1.29 is 14.4 Å². The molecule has 0 bridgehead atoms. The van der Waals surface area contributed by atoms with E-state index in [1.165, 1.54) is 4.90 Å². The molecule has 4 rings (SSSR count). The molecule has 0 spiro atoms. The quantitative estimate of drug-likeness (QED) is 0.624. The summed E-state index contributed by atoms with van der Waals surface area (Å²) >= 11 is 0. The van der Waals surface area contributed by atoms with E-state index in [1.807, 2.05) is 66.7 Å². The number of benzene rings is 3. The van der Waals surface area contributed by atoms with Gasteiger partial charge in [0.2, 0.25) is 11.8 Å². The third-order valence-corrected chi connectivity index (χ3v) is 4.99. The zero-order chi connectivity index (χ0) is 20.2. The van der Waals surface area contributed by atoms with Gasteiger partial charge in [-0.2, -0.15) is 0 Å². The van der Waals surface area contributed by atoms with Crippen molar-refractivity contribution in [2.45, 2.75) is 13.0 Å². The molecule has 1 unspecified atom stereocenters. The molecule has 1 saturated heterocycles. The summed E-state index contributed by atoms with van der Waals surface area (Å²) in [4.78, 5) is 41.9. The predicted octanol–water partition coefficient (Wildman–Crippen LogP) is 4.04. The number of barbiturate groups is 1. The van der Waals surface area contributed by atoms with Crippen molar-refractivity contribution in [2.75, 3.05) is 4.90 Å². The first-order valence-corrected chi connectivity index (χ1v) is 9.47. The van der Waals surface area contributed by atoms with Gasteiger partial charge in [0.1, 0.15) is 5.92 Å². The summed E-state index contributed by atoms with van der Waals surface area (Å²) in [6, 6.07) is 26.8. The zero-order valence-corrected chi connectivity index (χ0v) is 15.8. The van der Waals surface area contributed by atoms with Gasteiger partial charge >= 0.3 is 6.03 Å². The molecule has 0 aliphatic carbocycles. The molecule has 5 heteroatoms. The van der Waals surface area contributed by atoms with Crippen LogP contribution in [0.3, 0.4) is 0 Å². The molecule has 1 aliphatic rings. The van der Waals surface area contributed by atoms with Crippen LogP contribution in [0.5, 0.6) is 0 Å². The van der Waals surface area contributed by atoms with Gasteiger partial charge in [-0.1, -0.05) is 78.9 Å². The van der Waals surface area contributed by atoms with E-state index >= 15 is 0 Å². The highest BCUT2D eigenvalue weighted by molar-refractivity contribution is 6.27. The monoisotopic (exact) mass is 384 g/mol. The second kappa shape index (κ2) is 8.10. The van der Waals surface area contributed by atoms with Gasteiger partial charge in [0.15, 0.2) is 0 Å². The predicted molar refractivity (Wildman–Crippen MR) is 110 cm³/mol. The summed E-state index contributed by atoms with van der Waals surface area (Å²) in [5.41, 5.74) is 2.17. The number of rotatable bonds is 5. The van der Waals surface area contributed by atoms with Crippen LogP contribution in [0.4, 0.5) is 10.5 Å². The standard InChI is InChI=1S/C24H20N2O3/c27-22-21(16-18-10-4-1-5-11-18)23(28)26(20-14-8-3-9-15-20)24(29)25(22)17-19-12-6-2-7-13-19/h1-15,21H,16-17H2. The van der Waals surface area contributed by atoms with E-state index in [2.05, 4.69) is 0 Å². The lowest BCUT2D eigenvalue weighted by atomic mass is 9.94. The zero-order valence-electron chi connectivity index (χ0n) is 15.8. The van der Waals surface area contributed by atoms with Gasteiger partial charge in [0.05, 0.1) is 12.2 Å². The SMILES string of the molecule is O=C1C(Cc2ccccc2)C(=O)N(c2ccccc2)C(=O)N1Cc1ccccc1. The average molecular weight is 384 g/mol. The van der Waals surface area contributed by atoms with Gasteiger partial charge in [-0.25, -0.2) is 9.69 Å². The van der Waals surface area contributed by atoms with Crippen molar-refractivity contribution in [1.82, 2.24) is 4.90 Å². The first-order chi connectivity index (χ1) is 14.1. The molecule has 1 fully saturated rings. The molecule has 0 radical (unpaired) electrons. The lowest BCUT2D eigenvalue weighted by molar-refractivity contribution is -0.141. The molecule has 144 valence electrons. The smallest absolute Gasteiger partial charge is 0.273 e. The number of carbonyl (C=O) groups is 3. The summed E-state index contributed by atoms with van der Waals surface area (Å²) in [5, 5.41) is 0. The summed E-state index contributed by atoms with van der Waals surface area (Å²) in [7, 11) is 0. The topological polar surface area (TPSA) is 57.7 Å². The van der Waals surface area contributed by atoms with Crippen LogP contribution >= 0.6 is 0 Å². The Bertz CT molecular complexity index is 956. The first kappa shape index (κ1) is 18.6. The maximum atomic E-state index is 13.2. The molecule has 1 atom stereocenters. The Hall–Kier alpha value is -3.73. The number of carbonyl (C=O) groups excluding carboxylic acids is 3. The molecule has 1 aliphatic heterocycles. The lowest BCUT2D eigenvalue weighted by Gasteiger charge is -2.37. The van der Waals surface area contributed by atoms with E-state index in [-0.39, 0.29) is 13.0 Å². The Kier molecular flexibility index (Phi) is 5.20. The van der Waals surface area contributed by atoms with Crippen molar-refractivity contribution in [3.63, 3.8) is 0 Å². The first-order valence-electron chi connectivity index (χ1n) is 9.47. The van der Waals surface area contributed by atoms with E-state index in [4.69, 9.17) is 0 Å². The fourth-order valence-electron chi connectivity index (χ4n) is 3.51. The molecule has 4 amide bonds. The van der Waals surface area contributed by atoms with E-state index in [0.717, 1.165) is 16.0 Å². The highest BCUT2D eigenvalue weighted by atomic mass is 16.2. The minimum atomic E-state index is -0.945. The fourth-order valence-corrected chi connectivity index (χ4v) is 3.51. The molecule has 0 saturated carbocycles. The summed E-state index contributed by atoms with van der Waals surface area (Å²) in [6.45, 7) is 0.125. The van der Waals surface area contributed by atoms with Gasteiger partial charge in [-0.05, 0) is 29.7 Å². The Morgan fingerprint density at radius 1 is 0.621 bits per heavy atom. The summed E-state index contributed by atoms with van der Waals surface area (Å²) in [5.74, 6) is -1.89. The maximum Gasteiger partial charge on any atom is 0.338 e.